The van der Waals surface area contributed by atoms with Crippen LogP contribution in [0.1, 0.15) is 21.5 Å². The van der Waals surface area contributed by atoms with Crippen molar-refractivity contribution in [1.82, 2.24) is 0 Å². The minimum atomic E-state index is -0.388. The second-order valence-electron chi connectivity index (χ2n) is 6.09. The summed E-state index contributed by atoms with van der Waals surface area (Å²) in [6, 6.07) is 25.8. The van der Waals surface area contributed by atoms with Gasteiger partial charge in [-0.25, -0.2) is 4.79 Å². The average molecular weight is 346 g/mol. The Kier molecular flexibility index (Phi) is 5.54. The van der Waals surface area contributed by atoms with E-state index in [4.69, 9.17) is 10.5 Å². The molecule has 3 aromatic rings. The SMILES string of the molecule is COC(=O)c1ccc(N(Cc2ccccc2)Cc2ccccc2)c(N)c1. The van der Waals surface area contributed by atoms with Crippen LogP contribution >= 0.6 is 0 Å². The van der Waals surface area contributed by atoms with Crippen molar-refractivity contribution >= 4 is 17.3 Å². The minimum Gasteiger partial charge on any atom is -0.465 e. The molecule has 132 valence electrons. The van der Waals surface area contributed by atoms with Gasteiger partial charge in [0.15, 0.2) is 0 Å². The van der Waals surface area contributed by atoms with E-state index in [1.54, 1.807) is 12.1 Å². The minimum absolute atomic E-state index is 0.388. The fourth-order valence-corrected chi connectivity index (χ4v) is 2.92. The van der Waals surface area contributed by atoms with Crippen molar-refractivity contribution in [3.8, 4) is 0 Å². The number of hydrogen-bond acceptors (Lipinski definition) is 4. The standard InChI is InChI=1S/C22H22N2O2/c1-26-22(25)19-12-13-21(20(23)14-19)24(15-17-8-4-2-5-9-17)16-18-10-6-3-7-11-18/h2-14H,15-16,23H2,1H3. The zero-order valence-electron chi connectivity index (χ0n) is 14.8. The van der Waals surface area contributed by atoms with Crippen molar-refractivity contribution in [3.05, 3.63) is 95.6 Å². The molecule has 3 rings (SSSR count). The third-order valence-corrected chi connectivity index (χ3v) is 4.22. The van der Waals surface area contributed by atoms with E-state index in [1.165, 1.54) is 18.2 Å². The summed E-state index contributed by atoms with van der Waals surface area (Å²) in [7, 11) is 1.36. The van der Waals surface area contributed by atoms with Crippen LogP contribution in [0.5, 0.6) is 0 Å². The van der Waals surface area contributed by atoms with Gasteiger partial charge in [-0.05, 0) is 29.3 Å². The number of benzene rings is 3. The van der Waals surface area contributed by atoms with Gasteiger partial charge in [0.25, 0.3) is 0 Å². The molecule has 0 atom stereocenters. The van der Waals surface area contributed by atoms with Crippen LogP contribution in [0.25, 0.3) is 0 Å². The number of nitrogen functional groups attached to an aromatic ring is 1. The van der Waals surface area contributed by atoms with Crippen LogP contribution < -0.4 is 10.6 Å². The average Bonchev–Trinajstić information content (AvgIpc) is 2.68. The first-order valence-corrected chi connectivity index (χ1v) is 8.48. The Morgan fingerprint density at radius 3 is 1.88 bits per heavy atom. The van der Waals surface area contributed by atoms with E-state index < -0.39 is 0 Å². The van der Waals surface area contributed by atoms with Gasteiger partial charge < -0.3 is 15.4 Å². The number of anilines is 2. The molecule has 0 aliphatic heterocycles. The fourth-order valence-electron chi connectivity index (χ4n) is 2.92. The largest absolute Gasteiger partial charge is 0.465 e. The summed E-state index contributed by atoms with van der Waals surface area (Å²) < 4.78 is 4.77. The lowest BCUT2D eigenvalue weighted by Gasteiger charge is -2.27. The smallest absolute Gasteiger partial charge is 0.337 e. The Balaban J connectivity index is 1.93. The highest BCUT2D eigenvalue weighted by atomic mass is 16.5. The van der Waals surface area contributed by atoms with Crippen molar-refractivity contribution in [2.45, 2.75) is 13.1 Å². The number of hydrogen-bond donors (Lipinski definition) is 1. The summed E-state index contributed by atoms with van der Waals surface area (Å²) >= 11 is 0. The predicted octanol–water partition coefficient (Wildman–Crippen LogP) is 4.26. The normalized spacial score (nSPS) is 10.3. The van der Waals surface area contributed by atoms with Gasteiger partial charge in [-0.15, -0.1) is 0 Å². The Labute approximate surface area is 153 Å². The van der Waals surface area contributed by atoms with Crippen molar-refractivity contribution in [3.63, 3.8) is 0 Å². The van der Waals surface area contributed by atoms with Gasteiger partial charge in [-0.1, -0.05) is 60.7 Å². The van der Waals surface area contributed by atoms with E-state index in [0.29, 0.717) is 11.3 Å². The molecule has 0 aliphatic rings. The summed E-state index contributed by atoms with van der Waals surface area (Å²) in [5, 5.41) is 0. The van der Waals surface area contributed by atoms with E-state index in [9.17, 15) is 4.79 Å². The van der Waals surface area contributed by atoms with E-state index in [0.717, 1.165) is 18.8 Å². The maximum absolute atomic E-state index is 11.7. The summed E-state index contributed by atoms with van der Waals surface area (Å²) in [5.74, 6) is -0.388. The van der Waals surface area contributed by atoms with E-state index >= 15 is 0 Å². The highest BCUT2D eigenvalue weighted by Gasteiger charge is 2.14. The first kappa shape index (κ1) is 17.5. The molecule has 26 heavy (non-hydrogen) atoms. The number of ether oxygens (including phenoxy) is 1. The Morgan fingerprint density at radius 2 is 1.42 bits per heavy atom. The molecule has 0 aromatic heterocycles. The maximum Gasteiger partial charge on any atom is 0.337 e. The van der Waals surface area contributed by atoms with Gasteiger partial charge in [-0.2, -0.15) is 0 Å². The highest BCUT2D eigenvalue weighted by Crippen LogP contribution is 2.28. The van der Waals surface area contributed by atoms with Gasteiger partial charge in [0.2, 0.25) is 0 Å². The molecule has 0 unspecified atom stereocenters. The van der Waals surface area contributed by atoms with Crippen molar-refractivity contribution in [2.75, 3.05) is 17.7 Å². The predicted molar refractivity (Wildman–Crippen MR) is 105 cm³/mol. The summed E-state index contributed by atoms with van der Waals surface area (Å²) in [4.78, 5) is 13.9. The van der Waals surface area contributed by atoms with Crippen LogP contribution in [0, 0.1) is 0 Å². The van der Waals surface area contributed by atoms with Crippen LogP contribution in [0.4, 0.5) is 11.4 Å². The van der Waals surface area contributed by atoms with E-state index in [1.807, 2.05) is 42.5 Å². The third-order valence-electron chi connectivity index (χ3n) is 4.22. The molecule has 0 saturated heterocycles. The molecule has 3 aromatic carbocycles. The molecular weight excluding hydrogens is 324 g/mol. The van der Waals surface area contributed by atoms with Gasteiger partial charge in [-0.3, -0.25) is 0 Å². The van der Waals surface area contributed by atoms with E-state index in [-0.39, 0.29) is 5.97 Å². The molecule has 0 saturated carbocycles. The number of rotatable bonds is 6. The lowest BCUT2D eigenvalue weighted by molar-refractivity contribution is 0.0601. The molecule has 4 nitrogen and oxygen atoms in total. The Morgan fingerprint density at radius 1 is 0.885 bits per heavy atom. The second kappa shape index (κ2) is 8.21. The Hall–Kier alpha value is -3.27. The number of carbonyl (C=O) groups is 1. The molecule has 0 aliphatic carbocycles. The quantitative estimate of drug-likeness (QED) is 0.535. The zero-order valence-corrected chi connectivity index (χ0v) is 14.8. The van der Waals surface area contributed by atoms with Gasteiger partial charge in [0.1, 0.15) is 0 Å². The van der Waals surface area contributed by atoms with E-state index in [2.05, 4.69) is 29.2 Å². The van der Waals surface area contributed by atoms with Crippen LogP contribution in [0.3, 0.4) is 0 Å². The summed E-state index contributed by atoms with van der Waals surface area (Å²) in [5.41, 5.74) is 10.6. The van der Waals surface area contributed by atoms with Crippen molar-refractivity contribution < 1.29 is 9.53 Å². The second-order valence-corrected chi connectivity index (χ2v) is 6.09. The molecule has 4 heteroatoms. The monoisotopic (exact) mass is 346 g/mol. The van der Waals surface area contributed by atoms with Crippen molar-refractivity contribution in [1.29, 1.82) is 0 Å². The maximum atomic E-state index is 11.7. The van der Waals surface area contributed by atoms with Crippen molar-refractivity contribution in [2.24, 2.45) is 0 Å². The molecule has 0 bridgehead atoms. The lowest BCUT2D eigenvalue weighted by atomic mass is 10.1. The third kappa shape index (κ3) is 4.22. The van der Waals surface area contributed by atoms with Crippen LogP contribution in [-0.2, 0) is 17.8 Å². The van der Waals surface area contributed by atoms with Gasteiger partial charge in [0, 0.05) is 13.1 Å². The first-order chi connectivity index (χ1) is 12.7. The molecule has 0 fully saturated rings. The number of esters is 1. The number of methoxy groups -OCH3 is 1. The highest BCUT2D eigenvalue weighted by molar-refractivity contribution is 5.92. The molecule has 0 spiro atoms. The van der Waals surface area contributed by atoms with Crippen LogP contribution in [0.2, 0.25) is 0 Å². The molecule has 2 N–H and O–H groups in total. The van der Waals surface area contributed by atoms with Gasteiger partial charge >= 0.3 is 5.97 Å². The zero-order chi connectivity index (χ0) is 18.4. The number of nitrogens with two attached hydrogens (primary N) is 1. The summed E-state index contributed by atoms with van der Waals surface area (Å²) in [6.45, 7) is 1.44. The molecular formula is C22H22N2O2. The summed E-state index contributed by atoms with van der Waals surface area (Å²) in [6.07, 6.45) is 0. The number of nitrogens with zero attached hydrogens (tertiary/aromatic N) is 1. The first-order valence-electron chi connectivity index (χ1n) is 8.48. The molecule has 0 amide bonds. The fraction of sp³-hybridized carbons (Fsp3) is 0.136. The van der Waals surface area contributed by atoms with Crippen LogP contribution in [0.15, 0.2) is 78.9 Å². The van der Waals surface area contributed by atoms with Gasteiger partial charge in [0.05, 0.1) is 24.0 Å². The number of carbonyl (C=O) groups excluding carboxylic acids is 1. The topological polar surface area (TPSA) is 55.6 Å². The molecule has 0 radical (unpaired) electrons. The lowest BCUT2D eigenvalue weighted by Crippen LogP contribution is -2.23. The molecule has 0 heterocycles. The Bertz CT molecular complexity index is 822. The van der Waals surface area contributed by atoms with Crippen LogP contribution in [-0.4, -0.2) is 13.1 Å².